The molecule has 2 atom stereocenters. The highest BCUT2D eigenvalue weighted by Gasteiger charge is 2.20. The summed E-state index contributed by atoms with van der Waals surface area (Å²) in [4.78, 5) is 0. The SMILES string of the molecule is CC(NCC(O)COc1cccc(Cl)c1)C1CCOCC1. The molecule has 1 aliphatic heterocycles. The van der Waals surface area contributed by atoms with Crippen molar-refractivity contribution in [3.8, 4) is 5.75 Å². The van der Waals surface area contributed by atoms with Crippen LogP contribution in [0.1, 0.15) is 19.8 Å². The number of nitrogens with one attached hydrogen (secondary N) is 1. The Kier molecular flexibility index (Phi) is 6.77. The minimum atomic E-state index is -0.536. The predicted molar refractivity (Wildman–Crippen MR) is 84.0 cm³/mol. The Labute approximate surface area is 131 Å². The summed E-state index contributed by atoms with van der Waals surface area (Å²) in [6.45, 7) is 4.64. The molecule has 0 radical (unpaired) electrons. The van der Waals surface area contributed by atoms with E-state index < -0.39 is 6.10 Å². The van der Waals surface area contributed by atoms with E-state index in [4.69, 9.17) is 21.1 Å². The molecule has 2 N–H and O–H groups in total. The summed E-state index contributed by atoms with van der Waals surface area (Å²) in [6, 6.07) is 7.58. The number of hydrogen-bond donors (Lipinski definition) is 2. The van der Waals surface area contributed by atoms with Crippen LogP contribution in [-0.2, 0) is 4.74 Å². The summed E-state index contributed by atoms with van der Waals surface area (Å²) < 4.78 is 10.9. The largest absolute Gasteiger partial charge is 0.491 e. The van der Waals surface area contributed by atoms with Crippen molar-refractivity contribution in [3.05, 3.63) is 29.3 Å². The van der Waals surface area contributed by atoms with Crippen LogP contribution in [0, 0.1) is 5.92 Å². The van der Waals surface area contributed by atoms with Gasteiger partial charge in [0, 0.05) is 30.8 Å². The zero-order valence-corrected chi connectivity index (χ0v) is 13.2. The molecule has 118 valence electrons. The van der Waals surface area contributed by atoms with Crippen molar-refractivity contribution in [3.63, 3.8) is 0 Å². The third-order valence-corrected chi connectivity index (χ3v) is 4.12. The maximum absolute atomic E-state index is 9.98. The molecule has 1 saturated heterocycles. The van der Waals surface area contributed by atoms with Crippen molar-refractivity contribution in [2.45, 2.75) is 31.9 Å². The normalized spacial score (nSPS) is 19.2. The van der Waals surface area contributed by atoms with Crippen LogP contribution in [0.5, 0.6) is 5.75 Å². The molecule has 1 heterocycles. The quantitative estimate of drug-likeness (QED) is 0.812. The van der Waals surface area contributed by atoms with Gasteiger partial charge in [0.1, 0.15) is 18.5 Å². The summed E-state index contributed by atoms with van der Waals surface area (Å²) in [6.07, 6.45) is 1.64. The second kappa shape index (κ2) is 8.59. The van der Waals surface area contributed by atoms with Crippen LogP contribution in [0.2, 0.25) is 5.02 Å². The summed E-state index contributed by atoms with van der Waals surface area (Å²) in [5.74, 6) is 1.30. The molecule has 0 aromatic heterocycles. The number of aliphatic hydroxyl groups is 1. The van der Waals surface area contributed by atoms with Gasteiger partial charge in [-0.05, 0) is 43.9 Å². The summed E-state index contributed by atoms with van der Waals surface area (Å²) in [7, 11) is 0. The van der Waals surface area contributed by atoms with E-state index in [0.717, 1.165) is 26.1 Å². The fourth-order valence-electron chi connectivity index (χ4n) is 2.51. The van der Waals surface area contributed by atoms with Gasteiger partial charge in [-0.1, -0.05) is 17.7 Å². The van der Waals surface area contributed by atoms with Gasteiger partial charge < -0.3 is 19.9 Å². The zero-order chi connectivity index (χ0) is 15.1. The molecule has 0 saturated carbocycles. The van der Waals surface area contributed by atoms with E-state index in [1.54, 1.807) is 12.1 Å². The first-order valence-corrected chi connectivity index (χ1v) is 7.90. The molecule has 0 amide bonds. The van der Waals surface area contributed by atoms with Crippen molar-refractivity contribution < 1.29 is 14.6 Å². The number of rotatable bonds is 7. The maximum Gasteiger partial charge on any atom is 0.120 e. The highest BCUT2D eigenvalue weighted by molar-refractivity contribution is 6.30. The first-order chi connectivity index (χ1) is 10.1. The lowest BCUT2D eigenvalue weighted by Crippen LogP contribution is -2.41. The molecule has 1 aromatic carbocycles. The third-order valence-electron chi connectivity index (χ3n) is 3.89. The van der Waals surface area contributed by atoms with Gasteiger partial charge in [-0.3, -0.25) is 0 Å². The van der Waals surface area contributed by atoms with Crippen LogP contribution in [0.4, 0.5) is 0 Å². The predicted octanol–water partition coefficient (Wildman–Crippen LogP) is 2.48. The smallest absolute Gasteiger partial charge is 0.120 e. The molecule has 1 aromatic rings. The van der Waals surface area contributed by atoms with E-state index in [9.17, 15) is 5.11 Å². The van der Waals surface area contributed by atoms with E-state index in [2.05, 4.69) is 12.2 Å². The first kappa shape index (κ1) is 16.6. The van der Waals surface area contributed by atoms with Gasteiger partial charge in [-0.25, -0.2) is 0 Å². The second-order valence-corrected chi connectivity index (χ2v) is 6.01. The average Bonchev–Trinajstić information content (AvgIpc) is 2.51. The topological polar surface area (TPSA) is 50.7 Å². The molecule has 0 spiro atoms. The fraction of sp³-hybridized carbons (Fsp3) is 0.625. The monoisotopic (exact) mass is 313 g/mol. The molecule has 1 aliphatic rings. The number of aliphatic hydroxyl groups excluding tert-OH is 1. The van der Waals surface area contributed by atoms with Crippen molar-refractivity contribution in [2.24, 2.45) is 5.92 Å². The average molecular weight is 314 g/mol. The van der Waals surface area contributed by atoms with Crippen molar-refractivity contribution in [2.75, 3.05) is 26.4 Å². The lowest BCUT2D eigenvalue weighted by atomic mass is 9.93. The van der Waals surface area contributed by atoms with Gasteiger partial charge in [0.05, 0.1) is 0 Å². The molecular formula is C16H24ClNO3. The Bertz CT molecular complexity index is 424. The highest BCUT2D eigenvalue weighted by Crippen LogP contribution is 2.19. The summed E-state index contributed by atoms with van der Waals surface area (Å²) in [5, 5.41) is 14.0. The first-order valence-electron chi connectivity index (χ1n) is 7.52. The van der Waals surface area contributed by atoms with Crippen LogP contribution in [0.3, 0.4) is 0 Å². The Hall–Kier alpha value is -0.810. The van der Waals surface area contributed by atoms with Crippen LogP contribution in [-0.4, -0.2) is 43.6 Å². The lowest BCUT2D eigenvalue weighted by Gasteiger charge is -2.29. The molecule has 1 fully saturated rings. The minimum Gasteiger partial charge on any atom is -0.491 e. The van der Waals surface area contributed by atoms with E-state index >= 15 is 0 Å². The molecule has 2 rings (SSSR count). The third kappa shape index (κ3) is 5.83. The van der Waals surface area contributed by atoms with Crippen molar-refractivity contribution >= 4 is 11.6 Å². The number of ether oxygens (including phenoxy) is 2. The van der Waals surface area contributed by atoms with E-state index in [1.807, 2.05) is 12.1 Å². The van der Waals surface area contributed by atoms with Gasteiger partial charge in [0.2, 0.25) is 0 Å². The van der Waals surface area contributed by atoms with Crippen molar-refractivity contribution in [1.29, 1.82) is 0 Å². The molecule has 0 aliphatic carbocycles. The van der Waals surface area contributed by atoms with Crippen LogP contribution >= 0.6 is 11.6 Å². The fourth-order valence-corrected chi connectivity index (χ4v) is 2.69. The summed E-state index contributed by atoms with van der Waals surface area (Å²) >= 11 is 5.88. The summed E-state index contributed by atoms with van der Waals surface area (Å²) in [5.41, 5.74) is 0. The van der Waals surface area contributed by atoms with Crippen LogP contribution in [0.15, 0.2) is 24.3 Å². The Morgan fingerprint density at radius 1 is 1.43 bits per heavy atom. The van der Waals surface area contributed by atoms with E-state index in [-0.39, 0.29) is 6.61 Å². The molecular weight excluding hydrogens is 290 g/mol. The van der Waals surface area contributed by atoms with Crippen LogP contribution < -0.4 is 10.1 Å². The van der Waals surface area contributed by atoms with E-state index in [1.165, 1.54) is 0 Å². The van der Waals surface area contributed by atoms with Gasteiger partial charge >= 0.3 is 0 Å². The molecule has 2 unspecified atom stereocenters. The minimum absolute atomic E-state index is 0.258. The number of hydrogen-bond acceptors (Lipinski definition) is 4. The standard InChI is InChI=1S/C16H24ClNO3/c1-12(13-5-7-20-8-6-13)18-10-15(19)11-21-16-4-2-3-14(17)9-16/h2-4,9,12-13,15,18-19H,5-8,10-11H2,1H3. The maximum atomic E-state index is 9.98. The molecule has 0 bridgehead atoms. The van der Waals surface area contributed by atoms with Gasteiger partial charge in [0.25, 0.3) is 0 Å². The van der Waals surface area contributed by atoms with Crippen molar-refractivity contribution in [1.82, 2.24) is 5.32 Å². The lowest BCUT2D eigenvalue weighted by molar-refractivity contribution is 0.0512. The van der Waals surface area contributed by atoms with E-state index in [0.29, 0.717) is 29.3 Å². The highest BCUT2D eigenvalue weighted by atomic mass is 35.5. The molecule has 21 heavy (non-hydrogen) atoms. The number of benzene rings is 1. The van der Waals surface area contributed by atoms with Gasteiger partial charge in [-0.15, -0.1) is 0 Å². The second-order valence-electron chi connectivity index (χ2n) is 5.57. The zero-order valence-electron chi connectivity index (χ0n) is 12.4. The number of halogens is 1. The Morgan fingerprint density at radius 2 is 2.19 bits per heavy atom. The molecule has 4 nitrogen and oxygen atoms in total. The van der Waals surface area contributed by atoms with Crippen LogP contribution in [0.25, 0.3) is 0 Å². The Balaban J connectivity index is 1.66. The van der Waals surface area contributed by atoms with Gasteiger partial charge in [-0.2, -0.15) is 0 Å². The van der Waals surface area contributed by atoms with Gasteiger partial charge in [0.15, 0.2) is 0 Å². The Morgan fingerprint density at radius 3 is 2.90 bits per heavy atom. The molecule has 5 heteroatoms.